The second-order valence-corrected chi connectivity index (χ2v) is 9.63. The molecule has 0 aliphatic carbocycles. The van der Waals surface area contributed by atoms with Crippen molar-refractivity contribution in [3.63, 3.8) is 0 Å². The standard InChI is InChI=1S/C30H41NO4/c1-3-4-5-6-7-8-9-10-11-15-21-35-26-20-16-19-25(22-26)27-28(32)30(34,31(2)29(27)33)23-24-17-13-12-14-18-24/h12-14,16-20,22,32,34H,3-11,15,21,23H2,1-2H3. The van der Waals surface area contributed by atoms with Crippen LogP contribution in [0.5, 0.6) is 5.75 Å². The normalized spacial score (nSPS) is 17.9. The molecule has 2 aromatic rings. The summed E-state index contributed by atoms with van der Waals surface area (Å²) in [6, 6.07) is 16.6. The summed E-state index contributed by atoms with van der Waals surface area (Å²) < 4.78 is 5.93. The third-order valence-corrected chi connectivity index (χ3v) is 6.87. The molecule has 0 aromatic heterocycles. The van der Waals surface area contributed by atoms with Crippen LogP contribution in [0.1, 0.15) is 82.3 Å². The van der Waals surface area contributed by atoms with E-state index < -0.39 is 11.6 Å². The maximum absolute atomic E-state index is 13.0. The Bertz CT molecular complexity index is 971. The first-order valence-electron chi connectivity index (χ1n) is 13.2. The quantitative estimate of drug-likeness (QED) is 0.280. The number of hydrogen-bond donors (Lipinski definition) is 2. The van der Waals surface area contributed by atoms with Gasteiger partial charge >= 0.3 is 0 Å². The fourth-order valence-corrected chi connectivity index (χ4v) is 4.66. The van der Waals surface area contributed by atoms with Crippen molar-refractivity contribution in [2.75, 3.05) is 13.7 Å². The lowest BCUT2D eigenvalue weighted by molar-refractivity contribution is -0.141. The highest BCUT2D eigenvalue weighted by Crippen LogP contribution is 2.39. The van der Waals surface area contributed by atoms with E-state index in [9.17, 15) is 15.0 Å². The van der Waals surface area contributed by atoms with Crippen molar-refractivity contribution in [1.82, 2.24) is 4.90 Å². The Morgan fingerprint density at radius 1 is 0.857 bits per heavy atom. The highest BCUT2D eigenvalue weighted by atomic mass is 16.5. The van der Waals surface area contributed by atoms with Crippen LogP contribution in [0.15, 0.2) is 60.4 Å². The molecule has 1 amide bonds. The highest BCUT2D eigenvalue weighted by Gasteiger charge is 2.49. The van der Waals surface area contributed by atoms with Crippen molar-refractivity contribution in [1.29, 1.82) is 0 Å². The minimum absolute atomic E-state index is 0.111. The molecule has 1 aliphatic rings. The van der Waals surface area contributed by atoms with Gasteiger partial charge in [0, 0.05) is 13.5 Å². The Morgan fingerprint density at radius 3 is 2.14 bits per heavy atom. The molecule has 0 saturated heterocycles. The second-order valence-electron chi connectivity index (χ2n) is 9.63. The predicted molar refractivity (Wildman–Crippen MR) is 141 cm³/mol. The van der Waals surface area contributed by atoms with Crippen LogP contribution >= 0.6 is 0 Å². The van der Waals surface area contributed by atoms with Gasteiger partial charge in [-0.3, -0.25) is 4.79 Å². The Morgan fingerprint density at radius 2 is 1.49 bits per heavy atom. The lowest BCUT2D eigenvalue weighted by Gasteiger charge is -2.31. The number of likely N-dealkylation sites (N-methyl/N-ethyl adjacent to an activating group) is 1. The van der Waals surface area contributed by atoms with E-state index in [2.05, 4.69) is 6.92 Å². The van der Waals surface area contributed by atoms with Gasteiger partial charge in [0.15, 0.2) is 5.76 Å². The molecule has 5 nitrogen and oxygen atoms in total. The number of unbranched alkanes of at least 4 members (excludes halogenated alkanes) is 9. The third kappa shape index (κ3) is 7.11. The smallest absolute Gasteiger partial charge is 0.260 e. The molecule has 1 heterocycles. The van der Waals surface area contributed by atoms with Gasteiger partial charge < -0.3 is 19.8 Å². The van der Waals surface area contributed by atoms with Crippen molar-refractivity contribution >= 4 is 11.5 Å². The number of nitrogens with zero attached hydrogens (tertiary/aromatic N) is 1. The summed E-state index contributed by atoms with van der Waals surface area (Å²) in [5, 5.41) is 22.2. The maximum Gasteiger partial charge on any atom is 0.260 e. The molecule has 1 aliphatic heterocycles. The van der Waals surface area contributed by atoms with Gasteiger partial charge in [0.2, 0.25) is 5.72 Å². The minimum atomic E-state index is -1.78. The van der Waals surface area contributed by atoms with Gasteiger partial charge in [-0.25, -0.2) is 0 Å². The molecule has 190 valence electrons. The monoisotopic (exact) mass is 479 g/mol. The van der Waals surface area contributed by atoms with E-state index in [1.54, 1.807) is 12.1 Å². The zero-order valence-corrected chi connectivity index (χ0v) is 21.3. The van der Waals surface area contributed by atoms with Gasteiger partial charge in [-0.1, -0.05) is 107 Å². The molecule has 1 unspecified atom stereocenters. The van der Waals surface area contributed by atoms with Gasteiger partial charge in [0.25, 0.3) is 5.91 Å². The van der Waals surface area contributed by atoms with Crippen molar-refractivity contribution in [2.45, 2.75) is 83.3 Å². The number of benzene rings is 2. The van der Waals surface area contributed by atoms with E-state index >= 15 is 0 Å². The van der Waals surface area contributed by atoms with Crippen LogP contribution in [0.3, 0.4) is 0 Å². The number of carbonyl (C=O) groups is 1. The molecule has 0 spiro atoms. The van der Waals surface area contributed by atoms with E-state index in [4.69, 9.17) is 4.74 Å². The Hall–Kier alpha value is -2.79. The summed E-state index contributed by atoms with van der Waals surface area (Å²) in [4.78, 5) is 14.2. The largest absolute Gasteiger partial charge is 0.507 e. The van der Waals surface area contributed by atoms with E-state index in [-0.39, 0.29) is 17.8 Å². The van der Waals surface area contributed by atoms with E-state index in [0.29, 0.717) is 17.9 Å². The molecule has 0 radical (unpaired) electrons. The van der Waals surface area contributed by atoms with Gasteiger partial charge in [0.1, 0.15) is 5.75 Å². The second kappa shape index (κ2) is 13.3. The average molecular weight is 480 g/mol. The lowest BCUT2D eigenvalue weighted by atomic mass is 9.98. The van der Waals surface area contributed by atoms with Crippen LogP contribution in [0.2, 0.25) is 0 Å². The van der Waals surface area contributed by atoms with Crippen LogP contribution in [0.25, 0.3) is 5.57 Å². The van der Waals surface area contributed by atoms with Crippen LogP contribution in [0, 0.1) is 0 Å². The molecule has 1 atom stereocenters. The number of aliphatic hydroxyl groups is 2. The maximum atomic E-state index is 13.0. The molecule has 35 heavy (non-hydrogen) atoms. The molecule has 5 heteroatoms. The lowest BCUT2D eigenvalue weighted by Crippen LogP contribution is -2.47. The topological polar surface area (TPSA) is 70.0 Å². The first-order chi connectivity index (χ1) is 17.0. The fraction of sp³-hybridized carbons (Fsp3) is 0.500. The minimum Gasteiger partial charge on any atom is -0.507 e. The number of amides is 1. The van der Waals surface area contributed by atoms with Gasteiger partial charge in [-0.2, -0.15) is 0 Å². The van der Waals surface area contributed by atoms with E-state index in [0.717, 1.165) is 18.4 Å². The van der Waals surface area contributed by atoms with Crippen molar-refractivity contribution < 1.29 is 19.7 Å². The number of ether oxygens (including phenoxy) is 1. The molecular formula is C30H41NO4. The first-order valence-corrected chi connectivity index (χ1v) is 13.2. The van der Waals surface area contributed by atoms with Gasteiger partial charge in [-0.05, 0) is 29.7 Å². The molecule has 2 N–H and O–H groups in total. The summed E-state index contributed by atoms with van der Waals surface area (Å²) in [6.45, 7) is 2.87. The van der Waals surface area contributed by atoms with Crippen molar-refractivity contribution in [2.24, 2.45) is 0 Å². The Kier molecular flexibility index (Phi) is 10.2. The number of carbonyl (C=O) groups excluding carboxylic acids is 1. The van der Waals surface area contributed by atoms with E-state index in [1.807, 2.05) is 42.5 Å². The zero-order valence-electron chi connectivity index (χ0n) is 21.3. The molecule has 2 aromatic carbocycles. The highest BCUT2D eigenvalue weighted by molar-refractivity contribution is 6.22. The van der Waals surface area contributed by atoms with Crippen LogP contribution in [-0.2, 0) is 11.2 Å². The summed E-state index contributed by atoms with van der Waals surface area (Å²) in [5.41, 5.74) is -0.282. The predicted octanol–water partition coefficient (Wildman–Crippen LogP) is 6.66. The molecule has 0 saturated carbocycles. The average Bonchev–Trinajstić information content (AvgIpc) is 3.03. The van der Waals surface area contributed by atoms with Crippen LogP contribution < -0.4 is 4.74 Å². The van der Waals surface area contributed by atoms with Crippen molar-refractivity contribution in [3.8, 4) is 5.75 Å². The molecule has 0 fully saturated rings. The fourth-order valence-electron chi connectivity index (χ4n) is 4.66. The molecular weight excluding hydrogens is 438 g/mol. The summed E-state index contributed by atoms with van der Waals surface area (Å²) >= 11 is 0. The SMILES string of the molecule is CCCCCCCCCCCCOc1cccc(C2=C(O)C(O)(Cc3ccccc3)N(C)C2=O)c1. The van der Waals surface area contributed by atoms with Gasteiger partial charge in [0.05, 0.1) is 12.2 Å². The Labute approximate surface area is 210 Å². The van der Waals surface area contributed by atoms with Gasteiger partial charge in [-0.15, -0.1) is 0 Å². The molecule has 0 bridgehead atoms. The summed E-state index contributed by atoms with van der Waals surface area (Å²) in [6.07, 6.45) is 12.8. The van der Waals surface area contributed by atoms with Crippen LogP contribution in [-0.4, -0.2) is 40.4 Å². The number of rotatable bonds is 15. The van der Waals surface area contributed by atoms with Crippen molar-refractivity contribution in [3.05, 3.63) is 71.5 Å². The summed E-state index contributed by atoms with van der Waals surface area (Å²) in [7, 11) is 1.51. The molecule has 3 rings (SSSR count). The van der Waals surface area contributed by atoms with E-state index in [1.165, 1.54) is 63.3 Å². The Balaban J connectivity index is 1.52. The zero-order chi connectivity index (χ0) is 25.1. The number of hydrogen-bond acceptors (Lipinski definition) is 4. The van der Waals surface area contributed by atoms with Crippen LogP contribution in [0.4, 0.5) is 0 Å². The number of aliphatic hydroxyl groups excluding tert-OH is 1. The summed E-state index contributed by atoms with van der Waals surface area (Å²) in [5.74, 6) is -0.0684. The first kappa shape index (κ1) is 26.8. The third-order valence-electron chi connectivity index (χ3n) is 6.87.